The fraction of sp³-hybridized carbons (Fsp3) is 0.611. The maximum absolute atomic E-state index is 12.4. The molecule has 5 nitrogen and oxygen atoms in total. The van der Waals surface area contributed by atoms with E-state index in [-0.39, 0.29) is 18.1 Å². The number of carbonyl (C=O) groups excluding carboxylic acids is 1. The number of benzene rings is 1. The number of urea groups is 1. The molecule has 0 radical (unpaired) electrons. The van der Waals surface area contributed by atoms with Gasteiger partial charge in [-0.05, 0) is 36.9 Å². The number of amides is 2. The van der Waals surface area contributed by atoms with E-state index >= 15 is 0 Å². The molecule has 1 aliphatic carbocycles. The molecule has 4 atom stereocenters. The minimum Gasteiger partial charge on any atom is -0.390 e. The van der Waals surface area contributed by atoms with E-state index in [1.807, 2.05) is 24.3 Å². The zero-order valence-corrected chi connectivity index (χ0v) is 13.4. The van der Waals surface area contributed by atoms with Crippen molar-refractivity contribution in [2.45, 2.75) is 56.3 Å². The number of aliphatic hydroxyl groups excluding tert-OH is 1. The quantitative estimate of drug-likeness (QED) is 0.776. The standard InChI is InChI=1S/C18H25N3O2/c22-16-11-12-5-1-2-6-13(12)17(16)20-18(23)19-14-8-10-21-9-4-3-7-15(14)21/h1-2,5-6,14-17,22H,3-4,7-11H2,(H2,19,20,23)/t14?,15?,16-,17+/m1/s1. The summed E-state index contributed by atoms with van der Waals surface area (Å²) < 4.78 is 0. The molecular formula is C18H25N3O2. The molecule has 3 aliphatic rings. The van der Waals surface area contributed by atoms with E-state index in [4.69, 9.17) is 0 Å². The Morgan fingerprint density at radius 3 is 2.91 bits per heavy atom. The summed E-state index contributed by atoms with van der Waals surface area (Å²) in [6, 6.07) is 8.24. The minimum atomic E-state index is -0.534. The second-order valence-electron chi connectivity index (χ2n) is 7.06. The highest BCUT2D eigenvalue weighted by Gasteiger charge is 2.37. The van der Waals surface area contributed by atoms with Gasteiger partial charge in [0.1, 0.15) is 0 Å². The Morgan fingerprint density at radius 2 is 2.00 bits per heavy atom. The zero-order chi connectivity index (χ0) is 15.8. The maximum atomic E-state index is 12.4. The second-order valence-corrected chi connectivity index (χ2v) is 7.06. The van der Waals surface area contributed by atoms with Crippen LogP contribution in [0.4, 0.5) is 4.79 Å². The Hall–Kier alpha value is -1.59. The van der Waals surface area contributed by atoms with E-state index in [9.17, 15) is 9.90 Å². The molecule has 2 fully saturated rings. The molecule has 0 spiro atoms. The van der Waals surface area contributed by atoms with Crippen LogP contribution in [0, 0.1) is 0 Å². The van der Waals surface area contributed by atoms with Gasteiger partial charge in [0.15, 0.2) is 0 Å². The van der Waals surface area contributed by atoms with Crippen LogP contribution in [0.15, 0.2) is 24.3 Å². The molecule has 0 saturated carbocycles. The average molecular weight is 315 g/mol. The zero-order valence-electron chi connectivity index (χ0n) is 13.4. The predicted molar refractivity (Wildman–Crippen MR) is 88.2 cm³/mol. The van der Waals surface area contributed by atoms with Gasteiger partial charge in [0.05, 0.1) is 12.1 Å². The number of hydrogen-bond donors (Lipinski definition) is 3. The maximum Gasteiger partial charge on any atom is 0.315 e. The third-order valence-corrected chi connectivity index (χ3v) is 5.66. The Morgan fingerprint density at radius 1 is 1.13 bits per heavy atom. The minimum absolute atomic E-state index is 0.150. The Balaban J connectivity index is 1.39. The van der Waals surface area contributed by atoms with Crippen LogP contribution in [0.3, 0.4) is 0 Å². The van der Waals surface area contributed by atoms with Crippen LogP contribution < -0.4 is 10.6 Å². The van der Waals surface area contributed by atoms with E-state index in [0.717, 1.165) is 24.1 Å². The summed E-state index contributed by atoms with van der Waals surface area (Å²) in [5.74, 6) is 0. The number of nitrogens with one attached hydrogen (secondary N) is 2. The van der Waals surface area contributed by atoms with Crippen LogP contribution in [0.1, 0.15) is 42.9 Å². The summed E-state index contributed by atoms with van der Waals surface area (Å²) in [6.45, 7) is 2.25. The lowest BCUT2D eigenvalue weighted by molar-refractivity contribution is 0.140. The smallest absolute Gasteiger partial charge is 0.315 e. The highest BCUT2D eigenvalue weighted by molar-refractivity contribution is 5.75. The van der Waals surface area contributed by atoms with Gasteiger partial charge >= 0.3 is 6.03 Å². The normalized spacial score (nSPS) is 33.1. The number of fused-ring (bicyclic) bond motifs is 2. The molecule has 3 N–H and O–H groups in total. The molecule has 124 valence electrons. The molecule has 0 aromatic heterocycles. The fourth-order valence-electron chi connectivity index (χ4n) is 4.51. The van der Waals surface area contributed by atoms with Crippen LogP contribution in [0.2, 0.25) is 0 Å². The van der Waals surface area contributed by atoms with Gasteiger partial charge in [-0.3, -0.25) is 4.90 Å². The van der Waals surface area contributed by atoms with Crippen molar-refractivity contribution in [3.63, 3.8) is 0 Å². The number of carbonyl (C=O) groups is 1. The molecule has 0 bridgehead atoms. The van der Waals surface area contributed by atoms with Gasteiger partial charge in [0.25, 0.3) is 0 Å². The molecule has 2 aliphatic heterocycles. The van der Waals surface area contributed by atoms with E-state index in [1.54, 1.807) is 0 Å². The molecule has 1 aromatic carbocycles. The van der Waals surface area contributed by atoms with Crippen molar-refractivity contribution in [1.82, 2.24) is 15.5 Å². The number of nitrogens with zero attached hydrogens (tertiary/aromatic N) is 1. The van der Waals surface area contributed by atoms with Crippen molar-refractivity contribution >= 4 is 6.03 Å². The summed E-state index contributed by atoms with van der Waals surface area (Å²) >= 11 is 0. The Kier molecular flexibility index (Phi) is 3.99. The first-order valence-electron chi connectivity index (χ1n) is 8.79. The first-order chi connectivity index (χ1) is 11.2. The van der Waals surface area contributed by atoms with Crippen LogP contribution in [-0.4, -0.2) is 47.3 Å². The summed E-state index contributed by atoms with van der Waals surface area (Å²) in [7, 11) is 0. The summed E-state index contributed by atoms with van der Waals surface area (Å²) in [5, 5.41) is 16.4. The van der Waals surface area contributed by atoms with Gasteiger partial charge in [-0.2, -0.15) is 0 Å². The molecule has 2 saturated heterocycles. The van der Waals surface area contributed by atoms with Crippen LogP contribution >= 0.6 is 0 Å². The van der Waals surface area contributed by atoms with Crippen molar-refractivity contribution in [3.8, 4) is 0 Å². The first-order valence-corrected chi connectivity index (χ1v) is 8.79. The van der Waals surface area contributed by atoms with Gasteiger partial charge in [0.2, 0.25) is 0 Å². The summed E-state index contributed by atoms with van der Waals surface area (Å²) in [5.41, 5.74) is 2.17. The van der Waals surface area contributed by atoms with Crippen LogP contribution in [0.25, 0.3) is 0 Å². The number of rotatable bonds is 2. The molecule has 2 unspecified atom stereocenters. The lowest BCUT2D eigenvalue weighted by Gasteiger charge is -2.32. The Bertz CT molecular complexity index is 591. The van der Waals surface area contributed by atoms with Crippen molar-refractivity contribution in [1.29, 1.82) is 0 Å². The van der Waals surface area contributed by atoms with E-state index in [1.165, 1.54) is 25.8 Å². The van der Waals surface area contributed by atoms with Gasteiger partial charge in [-0.1, -0.05) is 30.7 Å². The second kappa shape index (κ2) is 6.13. The van der Waals surface area contributed by atoms with Crippen LogP contribution in [0.5, 0.6) is 0 Å². The Labute approximate surface area is 137 Å². The summed E-state index contributed by atoms with van der Waals surface area (Å²) in [4.78, 5) is 14.9. The van der Waals surface area contributed by atoms with Gasteiger partial charge in [-0.25, -0.2) is 4.79 Å². The lowest BCUT2D eigenvalue weighted by atomic mass is 9.99. The van der Waals surface area contributed by atoms with E-state index in [0.29, 0.717) is 12.5 Å². The van der Waals surface area contributed by atoms with Crippen molar-refractivity contribution < 1.29 is 9.90 Å². The monoisotopic (exact) mass is 315 g/mol. The number of hydrogen-bond acceptors (Lipinski definition) is 3. The number of piperidine rings is 1. The van der Waals surface area contributed by atoms with Crippen molar-refractivity contribution in [3.05, 3.63) is 35.4 Å². The molecule has 23 heavy (non-hydrogen) atoms. The molecule has 4 rings (SSSR count). The SMILES string of the molecule is O=C(NC1CCN2CCCCC12)N[C@H]1c2ccccc2C[C@H]1O. The van der Waals surface area contributed by atoms with Crippen LogP contribution in [-0.2, 0) is 6.42 Å². The number of aliphatic hydroxyl groups is 1. The van der Waals surface area contributed by atoms with Gasteiger partial charge in [0, 0.05) is 25.0 Å². The molecular weight excluding hydrogens is 290 g/mol. The fourth-order valence-corrected chi connectivity index (χ4v) is 4.51. The highest BCUT2D eigenvalue weighted by Crippen LogP contribution is 2.31. The summed E-state index contributed by atoms with van der Waals surface area (Å²) in [6.07, 6.45) is 4.83. The van der Waals surface area contributed by atoms with Gasteiger partial charge in [-0.15, -0.1) is 0 Å². The molecule has 5 heteroatoms. The first kappa shape index (κ1) is 15.0. The highest BCUT2D eigenvalue weighted by atomic mass is 16.3. The topological polar surface area (TPSA) is 64.6 Å². The van der Waals surface area contributed by atoms with Gasteiger partial charge < -0.3 is 15.7 Å². The van der Waals surface area contributed by atoms with Crippen molar-refractivity contribution in [2.75, 3.05) is 13.1 Å². The third-order valence-electron chi connectivity index (χ3n) is 5.66. The lowest BCUT2D eigenvalue weighted by Crippen LogP contribution is -2.50. The molecule has 2 heterocycles. The third kappa shape index (κ3) is 2.83. The average Bonchev–Trinajstić information content (AvgIpc) is 3.10. The largest absolute Gasteiger partial charge is 0.390 e. The van der Waals surface area contributed by atoms with E-state index < -0.39 is 6.10 Å². The predicted octanol–water partition coefficient (Wildman–Crippen LogP) is 1.57. The van der Waals surface area contributed by atoms with Crippen molar-refractivity contribution in [2.24, 2.45) is 0 Å². The van der Waals surface area contributed by atoms with E-state index in [2.05, 4.69) is 15.5 Å². The molecule has 1 aromatic rings. The molecule has 2 amide bonds.